The van der Waals surface area contributed by atoms with Gasteiger partial charge in [-0.3, -0.25) is 14.5 Å². The van der Waals surface area contributed by atoms with Crippen molar-refractivity contribution in [3.05, 3.63) is 60.3 Å². The zero-order valence-corrected chi connectivity index (χ0v) is 24.0. The minimum absolute atomic E-state index is 0.137. The fourth-order valence-corrected chi connectivity index (χ4v) is 6.67. The Labute approximate surface area is 246 Å². The van der Waals surface area contributed by atoms with Gasteiger partial charge in [-0.2, -0.15) is 0 Å². The molecule has 3 aromatic rings. The van der Waals surface area contributed by atoms with Crippen molar-refractivity contribution in [2.75, 3.05) is 37.5 Å². The highest BCUT2D eigenvalue weighted by Gasteiger charge is 2.34. The van der Waals surface area contributed by atoms with Crippen molar-refractivity contribution in [1.29, 1.82) is 0 Å². The molecule has 2 amide bonds. The van der Waals surface area contributed by atoms with Crippen molar-refractivity contribution < 1.29 is 40.7 Å². The molecule has 10 nitrogen and oxygen atoms in total. The van der Waals surface area contributed by atoms with Crippen LogP contribution in [0.25, 0.3) is 10.9 Å². The molecular weight excluding hydrogens is 589 g/mol. The summed E-state index contributed by atoms with van der Waals surface area (Å²) in [4.78, 5) is 32.4. The largest absolute Gasteiger partial charge is 0.573 e. The van der Waals surface area contributed by atoms with Gasteiger partial charge in [-0.25, -0.2) is 13.2 Å². The lowest BCUT2D eigenvalue weighted by Crippen LogP contribution is -2.50. The standard InChI is InChI=1S/C29H31F3N4O6S/c30-29(31,32)42-24-19-22(10-11-23(24)34-43(39,40)25-9-3-7-21-8-4-13-33-26(21)25)27(37)35-14-16-36(17-15-35)28(38)41-18-12-20-5-1-2-6-20/h3-4,7-11,13,19-20,34H,1-2,5-6,12,14-18H2. The molecular formula is C29H31F3N4O6S. The van der Waals surface area contributed by atoms with E-state index in [-0.39, 0.29) is 42.2 Å². The van der Waals surface area contributed by atoms with Crippen molar-refractivity contribution in [2.24, 2.45) is 5.92 Å². The fraction of sp³-hybridized carbons (Fsp3) is 0.414. The molecule has 230 valence electrons. The predicted molar refractivity (Wildman–Crippen MR) is 151 cm³/mol. The second-order valence-electron chi connectivity index (χ2n) is 10.5. The lowest BCUT2D eigenvalue weighted by molar-refractivity contribution is -0.274. The van der Waals surface area contributed by atoms with Gasteiger partial charge in [0.15, 0.2) is 5.75 Å². The molecule has 0 unspecified atom stereocenters. The van der Waals surface area contributed by atoms with Crippen LogP contribution in [0.2, 0.25) is 0 Å². The van der Waals surface area contributed by atoms with Crippen LogP contribution in [0.4, 0.5) is 23.7 Å². The summed E-state index contributed by atoms with van der Waals surface area (Å²) in [5.74, 6) is -0.890. The number of alkyl halides is 3. The Hall–Kier alpha value is -4.07. The van der Waals surface area contributed by atoms with Gasteiger partial charge >= 0.3 is 12.5 Å². The quantitative estimate of drug-likeness (QED) is 0.358. The smallest absolute Gasteiger partial charge is 0.449 e. The van der Waals surface area contributed by atoms with E-state index in [1.807, 2.05) is 0 Å². The van der Waals surface area contributed by atoms with E-state index in [0.717, 1.165) is 31.4 Å². The molecule has 0 radical (unpaired) electrons. The van der Waals surface area contributed by atoms with Crippen molar-refractivity contribution in [1.82, 2.24) is 14.8 Å². The topological polar surface area (TPSA) is 118 Å². The summed E-state index contributed by atoms with van der Waals surface area (Å²) in [6, 6.07) is 10.8. The third kappa shape index (κ3) is 7.48. The highest BCUT2D eigenvalue weighted by molar-refractivity contribution is 7.93. The summed E-state index contributed by atoms with van der Waals surface area (Å²) in [6.07, 6.45) is 1.35. The van der Waals surface area contributed by atoms with Gasteiger partial charge in [-0.15, -0.1) is 13.2 Å². The second kappa shape index (κ2) is 12.7. The molecule has 1 aliphatic carbocycles. The number of benzene rings is 2. The van der Waals surface area contributed by atoms with E-state index < -0.39 is 39.8 Å². The van der Waals surface area contributed by atoms with Gasteiger partial charge in [0.05, 0.1) is 17.8 Å². The molecule has 0 spiro atoms. The Morgan fingerprint density at radius 1 is 0.977 bits per heavy atom. The zero-order chi connectivity index (χ0) is 30.6. The van der Waals surface area contributed by atoms with Gasteiger partial charge in [0.1, 0.15) is 4.90 Å². The number of sulfonamides is 1. The Bertz CT molecular complexity index is 1580. The summed E-state index contributed by atoms with van der Waals surface area (Å²) in [5, 5.41) is 0.524. The zero-order valence-electron chi connectivity index (χ0n) is 23.2. The van der Waals surface area contributed by atoms with Crippen LogP contribution >= 0.6 is 0 Å². The average molecular weight is 621 g/mol. The number of hydrogen-bond acceptors (Lipinski definition) is 7. The monoisotopic (exact) mass is 620 g/mol. The molecule has 0 bridgehead atoms. The molecule has 1 aliphatic heterocycles. The van der Waals surface area contributed by atoms with Gasteiger partial charge in [-0.1, -0.05) is 43.9 Å². The number of halogens is 3. The molecule has 2 fully saturated rings. The maximum Gasteiger partial charge on any atom is 0.573 e. The lowest BCUT2D eigenvalue weighted by Gasteiger charge is -2.34. The summed E-state index contributed by atoms with van der Waals surface area (Å²) in [6.45, 7) is 1.05. The highest BCUT2D eigenvalue weighted by Crippen LogP contribution is 2.34. The second-order valence-corrected chi connectivity index (χ2v) is 12.2. The molecule has 1 saturated heterocycles. The number of hydrogen-bond donors (Lipinski definition) is 1. The van der Waals surface area contributed by atoms with Crippen molar-refractivity contribution in [3.63, 3.8) is 0 Å². The van der Waals surface area contributed by atoms with Crippen molar-refractivity contribution in [2.45, 2.75) is 43.4 Å². The number of anilines is 1. The van der Waals surface area contributed by atoms with Crippen LogP contribution in [0.15, 0.2) is 59.6 Å². The first kappa shape index (κ1) is 30.4. The Morgan fingerprint density at radius 2 is 1.67 bits per heavy atom. The Kier molecular flexibility index (Phi) is 8.95. The Morgan fingerprint density at radius 3 is 2.40 bits per heavy atom. The summed E-state index contributed by atoms with van der Waals surface area (Å²) < 4.78 is 78.0. The minimum Gasteiger partial charge on any atom is -0.449 e. The number of carbonyl (C=O) groups excluding carboxylic acids is 2. The van der Waals surface area contributed by atoms with Gasteiger partial charge in [0.2, 0.25) is 0 Å². The Balaban J connectivity index is 1.27. The van der Waals surface area contributed by atoms with Crippen LogP contribution in [0.3, 0.4) is 0 Å². The first-order valence-corrected chi connectivity index (χ1v) is 15.5. The summed E-state index contributed by atoms with van der Waals surface area (Å²) in [5.41, 5.74) is -0.506. The molecule has 5 rings (SSSR count). The van der Waals surface area contributed by atoms with Gasteiger partial charge < -0.3 is 19.3 Å². The molecule has 1 aromatic heterocycles. The van der Waals surface area contributed by atoms with Crippen LogP contribution in [0, 0.1) is 5.92 Å². The molecule has 2 heterocycles. The number of carbonyl (C=O) groups is 2. The number of para-hydroxylation sites is 1. The average Bonchev–Trinajstić information content (AvgIpc) is 3.50. The normalized spacial score (nSPS) is 16.3. The van der Waals surface area contributed by atoms with Crippen LogP contribution in [-0.4, -0.2) is 74.4 Å². The van der Waals surface area contributed by atoms with Crippen LogP contribution in [-0.2, 0) is 14.8 Å². The van der Waals surface area contributed by atoms with Crippen molar-refractivity contribution in [3.8, 4) is 5.75 Å². The number of piperazine rings is 1. The number of aromatic nitrogens is 1. The van der Waals surface area contributed by atoms with Gasteiger partial charge in [-0.05, 0) is 42.7 Å². The molecule has 1 saturated carbocycles. The highest BCUT2D eigenvalue weighted by atomic mass is 32.2. The van der Waals surface area contributed by atoms with Gasteiger partial charge in [0, 0.05) is 43.3 Å². The number of nitrogens with zero attached hydrogens (tertiary/aromatic N) is 3. The number of amides is 2. The number of pyridine rings is 1. The third-order valence-electron chi connectivity index (χ3n) is 7.64. The number of fused-ring (bicyclic) bond motifs is 1. The van der Waals surface area contributed by atoms with Gasteiger partial charge in [0.25, 0.3) is 15.9 Å². The lowest BCUT2D eigenvalue weighted by atomic mass is 10.1. The number of rotatable bonds is 8. The fourth-order valence-electron chi connectivity index (χ4n) is 5.42. The van der Waals surface area contributed by atoms with E-state index in [1.165, 1.54) is 47.0 Å². The third-order valence-corrected chi connectivity index (χ3v) is 9.03. The summed E-state index contributed by atoms with van der Waals surface area (Å²) >= 11 is 0. The van der Waals surface area contributed by atoms with Crippen molar-refractivity contribution >= 4 is 38.6 Å². The maximum absolute atomic E-state index is 13.3. The first-order valence-electron chi connectivity index (χ1n) is 14.0. The molecule has 43 heavy (non-hydrogen) atoms. The molecule has 0 atom stereocenters. The van der Waals surface area contributed by atoms with E-state index >= 15 is 0 Å². The molecule has 2 aromatic carbocycles. The molecule has 2 aliphatic rings. The minimum atomic E-state index is -5.16. The van der Waals surface area contributed by atoms with Crippen LogP contribution in [0.5, 0.6) is 5.75 Å². The first-order chi connectivity index (χ1) is 20.5. The van der Waals surface area contributed by atoms with E-state index in [4.69, 9.17) is 4.74 Å². The summed E-state index contributed by atoms with van der Waals surface area (Å²) in [7, 11) is -4.40. The van der Waals surface area contributed by atoms with E-state index in [2.05, 4.69) is 14.4 Å². The van der Waals surface area contributed by atoms with E-state index in [1.54, 1.807) is 18.2 Å². The molecule has 1 N–H and O–H groups in total. The SMILES string of the molecule is O=C(OCCC1CCCC1)N1CCN(C(=O)c2ccc(NS(=O)(=O)c3cccc4cccnc34)c(OC(F)(F)F)c2)CC1. The maximum atomic E-state index is 13.3. The molecule has 14 heteroatoms. The van der Waals surface area contributed by atoms with E-state index in [0.29, 0.717) is 17.9 Å². The number of nitrogens with one attached hydrogen (secondary N) is 1. The number of ether oxygens (including phenoxy) is 2. The van der Waals surface area contributed by atoms with Crippen LogP contribution in [0.1, 0.15) is 42.5 Å². The van der Waals surface area contributed by atoms with E-state index in [9.17, 15) is 31.2 Å². The van der Waals surface area contributed by atoms with Crippen LogP contribution < -0.4 is 9.46 Å². The predicted octanol–water partition coefficient (Wildman–Crippen LogP) is 5.41.